The number of ether oxygens (including phenoxy) is 1. The Hall–Kier alpha value is -0.550. The van der Waals surface area contributed by atoms with Gasteiger partial charge in [-0.15, -0.1) is 0 Å². The maximum absolute atomic E-state index is 10.4. The molecular weight excluding hydrogens is 180 g/mol. The molecule has 5 heteroatoms. The molecule has 0 aliphatic rings. The maximum Gasteiger partial charge on any atom is 0.268 e. The van der Waals surface area contributed by atoms with E-state index in [0.717, 1.165) is 0 Å². The molecule has 0 rings (SSSR count). The van der Waals surface area contributed by atoms with Gasteiger partial charge in [0, 0.05) is 0 Å². The van der Waals surface area contributed by atoms with Crippen molar-refractivity contribution in [2.24, 2.45) is 0 Å². The molecule has 1 atom stereocenters. The lowest BCUT2D eigenvalue weighted by Gasteiger charge is -2.11. The molecule has 1 unspecified atom stereocenters. The summed E-state index contributed by atoms with van der Waals surface area (Å²) in [5.41, 5.74) is 0. The van der Waals surface area contributed by atoms with Gasteiger partial charge in [0.15, 0.2) is 0 Å². The molecule has 0 aliphatic carbocycles. The number of rotatable bonds is 5. The van der Waals surface area contributed by atoms with E-state index in [-0.39, 0.29) is 5.75 Å². The van der Waals surface area contributed by atoms with Crippen molar-refractivity contribution >= 4 is 10.1 Å². The van der Waals surface area contributed by atoms with E-state index in [4.69, 9.17) is 9.29 Å². The van der Waals surface area contributed by atoms with E-state index in [1.165, 1.54) is 6.26 Å². The highest BCUT2D eigenvalue weighted by molar-refractivity contribution is 7.85. The largest absolute Gasteiger partial charge is 0.497 e. The predicted octanol–water partition coefficient (Wildman–Crippen LogP) is 1.20. The van der Waals surface area contributed by atoms with Gasteiger partial charge in [0.05, 0.1) is 6.26 Å². The Labute approximate surface area is 73.0 Å². The first-order valence-electron chi connectivity index (χ1n) is 3.71. The van der Waals surface area contributed by atoms with Crippen LogP contribution < -0.4 is 0 Å². The summed E-state index contributed by atoms with van der Waals surface area (Å²) in [6.07, 6.45) is 3.16. The minimum absolute atomic E-state index is 0.353. The van der Waals surface area contributed by atoms with Gasteiger partial charge in [0.1, 0.15) is 11.9 Å². The zero-order chi connectivity index (χ0) is 9.61. The number of hydrogen-bond acceptors (Lipinski definition) is 3. The molecule has 4 nitrogen and oxygen atoms in total. The summed E-state index contributed by atoms with van der Waals surface area (Å²) < 4.78 is 34.3. The molecular formula is C7H14O4S. The molecule has 0 saturated carbocycles. The Morgan fingerprint density at radius 1 is 1.58 bits per heavy atom. The van der Waals surface area contributed by atoms with Crippen molar-refractivity contribution in [2.45, 2.75) is 26.4 Å². The predicted molar refractivity (Wildman–Crippen MR) is 46.4 cm³/mol. The van der Waals surface area contributed by atoms with Crippen LogP contribution in [0.25, 0.3) is 0 Å². The summed E-state index contributed by atoms with van der Waals surface area (Å²) in [6, 6.07) is 0. The van der Waals surface area contributed by atoms with Gasteiger partial charge in [-0.05, 0) is 13.3 Å². The smallest absolute Gasteiger partial charge is 0.268 e. The van der Waals surface area contributed by atoms with E-state index in [1.54, 1.807) is 19.9 Å². The van der Waals surface area contributed by atoms with Crippen LogP contribution in [0.5, 0.6) is 0 Å². The minimum Gasteiger partial charge on any atom is -0.497 e. The fraction of sp³-hybridized carbons (Fsp3) is 0.714. The number of hydrogen-bond donors (Lipinski definition) is 1. The minimum atomic E-state index is -3.92. The van der Waals surface area contributed by atoms with Gasteiger partial charge >= 0.3 is 0 Å². The molecule has 0 heterocycles. The van der Waals surface area contributed by atoms with Crippen LogP contribution >= 0.6 is 0 Å². The second-order valence-electron chi connectivity index (χ2n) is 2.38. The zero-order valence-electron chi connectivity index (χ0n) is 7.23. The molecule has 0 radical (unpaired) electrons. The summed E-state index contributed by atoms with van der Waals surface area (Å²) in [4.78, 5) is 0. The number of allylic oxidation sites excluding steroid dienone is 1. The first-order chi connectivity index (χ1) is 5.49. The van der Waals surface area contributed by atoms with E-state index in [0.29, 0.717) is 6.42 Å². The highest BCUT2D eigenvalue weighted by Crippen LogP contribution is 2.01. The molecule has 0 fully saturated rings. The molecule has 0 bridgehead atoms. The van der Waals surface area contributed by atoms with Gasteiger partial charge in [0.2, 0.25) is 0 Å². The zero-order valence-corrected chi connectivity index (χ0v) is 8.04. The molecule has 0 aromatic rings. The average Bonchev–Trinajstić information content (AvgIpc) is 1.95. The Kier molecular flexibility index (Phi) is 4.92. The topological polar surface area (TPSA) is 63.6 Å². The molecule has 12 heavy (non-hydrogen) atoms. The van der Waals surface area contributed by atoms with Crippen LogP contribution in [0, 0.1) is 0 Å². The van der Waals surface area contributed by atoms with E-state index >= 15 is 0 Å². The maximum atomic E-state index is 10.4. The van der Waals surface area contributed by atoms with Crippen LogP contribution in [0.4, 0.5) is 0 Å². The van der Waals surface area contributed by atoms with Gasteiger partial charge in [0.25, 0.3) is 10.1 Å². The van der Waals surface area contributed by atoms with E-state index in [2.05, 4.69) is 0 Å². The van der Waals surface area contributed by atoms with Gasteiger partial charge in [-0.1, -0.05) is 13.0 Å². The van der Waals surface area contributed by atoms with Crippen molar-refractivity contribution in [3.05, 3.63) is 12.3 Å². The van der Waals surface area contributed by atoms with Gasteiger partial charge in [-0.2, -0.15) is 8.42 Å². The van der Waals surface area contributed by atoms with E-state index in [9.17, 15) is 8.42 Å². The van der Waals surface area contributed by atoms with Gasteiger partial charge < -0.3 is 4.74 Å². The average molecular weight is 194 g/mol. The molecule has 0 spiro atoms. The third kappa shape index (κ3) is 6.18. The molecule has 0 aliphatic heterocycles. The van der Waals surface area contributed by atoms with Crippen LogP contribution in [0.1, 0.15) is 20.3 Å². The molecule has 0 saturated heterocycles. The van der Waals surface area contributed by atoms with Crippen LogP contribution in [0.3, 0.4) is 0 Å². The molecule has 0 amide bonds. The van der Waals surface area contributed by atoms with Crippen molar-refractivity contribution < 1.29 is 17.7 Å². The quantitative estimate of drug-likeness (QED) is 0.527. The molecule has 0 aromatic carbocycles. The summed E-state index contributed by atoms with van der Waals surface area (Å²) >= 11 is 0. The third-order valence-electron chi connectivity index (χ3n) is 1.26. The van der Waals surface area contributed by atoms with Gasteiger partial charge in [-0.25, -0.2) is 0 Å². The monoisotopic (exact) mass is 194 g/mol. The Bertz CT molecular complexity index is 230. The third-order valence-corrected chi connectivity index (χ3v) is 2.05. The molecule has 1 N–H and O–H groups in total. The van der Waals surface area contributed by atoms with E-state index < -0.39 is 16.2 Å². The summed E-state index contributed by atoms with van der Waals surface area (Å²) in [7, 11) is -3.92. The highest BCUT2D eigenvalue weighted by atomic mass is 32.2. The summed E-state index contributed by atoms with van der Waals surface area (Å²) in [6.45, 7) is 3.56. The van der Waals surface area contributed by atoms with Crippen molar-refractivity contribution in [1.82, 2.24) is 0 Å². The Morgan fingerprint density at radius 3 is 2.50 bits per heavy atom. The SMILES string of the molecule is CC=COC(CC)CS(=O)(=O)O. The lowest BCUT2D eigenvalue weighted by molar-refractivity contribution is 0.158. The fourth-order valence-corrected chi connectivity index (χ4v) is 1.46. The Balaban J connectivity index is 4.00. The normalized spacial score (nSPS) is 14.9. The van der Waals surface area contributed by atoms with Crippen LogP contribution in [-0.2, 0) is 14.9 Å². The summed E-state index contributed by atoms with van der Waals surface area (Å²) in [5, 5.41) is 0. The fourth-order valence-electron chi connectivity index (χ4n) is 0.678. The van der Waals surface area contributed by atoms with Crippen molar-refractivity contribution in [1.29, 1.82) is 0 Å². The Morgan fingerprint density at radius 2 is 2.17 bits per heavy atom. The highest BCUT2D eigenvalue weighted by Gasteiger charge is 2.14. The first-order valence-corrected chi connectivity index (χ1v) is 5.32. The van der Waals surface area contributed by atoms with E-state index in [1.807, 2.05) is 0 Å². The molecule has 0 aromatic heterocycles. The second kappa shape index (κ2) is 5.16. The standard InChI is InChI=1S/C7H14O4S/c1-3-5-11-7(4-2)6-12(8,9)10/h3,5,7H,4,6H2,1-2H3,(H,8,9,10). The summed E-state index contributed by atoms with van der Waals surface area (Å²) in [5.74, 6) is -0.353. The van der Waals surface area contributed by atoms with Crippen molar-refractivity contribution in [2.75, 3.05) is 5.75 Å². The van der Waals surface area contributed by atoms with Crippen LogP contribution in [-0.4, -0.2) is 24.8 Å². The lowest BCUT2D eigenvalue weighted by atomic mass is 10.3. The lowest BCUT2D eigenvalue weighted by Crippen LogP contribution is -2.21. The van der Waals surface area contributed by atoms with Crippen LogP contribution in [0.15, 0.2) is 12.3 Å². The first kappa shape index (κ1) is 11.4. The molecule has 72 valence electrons. The van der Waals surface area contributed by atoms with Crippen molar-refractivity contribution in [3.8, 4) is 0 Å². The van der Waals surface area contributed by atoms with Gasteiger partial charge in [-0.3, -0.25) is 4.55 Å². The second-order valence-corrected chi connectivity index (χ2v) is 3.88. The van der Waals surface area contributed by atoms with Crippen molar-refractivity contribution in [3.63, 3.8) is 0 Å². The van der Waals surface area contributed by atoms with Crippen LogP contribution in [0.2, 0.25) is 0 Å².